The smallest absolute Gasteiger partial charge is 0.405 e. The second-order valence-corrected chi connectivity index (χ2v) is 19.9. The summed E-state index contributed by atoms with van der Waals surface area (Å²) in [6, 6.07) is 20.3. The molecule has 2 aliphatic heterocycles. The van der Waals surface area contributed by atoms with E-state index < -0.39 is 0 Å². The third kappa shape index (κ3) is 11.0. The van der Waals surface area contributed by atoms with Gasteiger partial charge in [-0.1, -0.05) is 218 Å². The van der Waals surface area contributed by atoms with Gasteiger partial charge in [0.15, 0.2) is 0 Å². The molecule has 0 spiro atoms. The molecule has 4 aliphatic rings. The topological polar surface area (TPSA) is 36.9 Å². The molecule has 0 aromatic heterocycles. The Morgan fingerprint density at radius 3 is 0.919 bits per heavy atom. The Kier molecular flexibility index (Phi) is 18.6. The lowest BCUT2D eigenvalue weighted by molar-refractivity contribution is 0.365. The van der Waals surface area contributed by atoms with Crippen LogP contribution in [0.4, 0.5) is 0 Å². The molecule has 0 bridgehead atoms. The monoisotopic (exact) mass is 843 g/mol. The molecule has 62 heavy (non-hydrogen) atoms. The van der Waals surface area contributed by atoms with Crippen LogP contribution in [-0.4, -0.2) is 40.7 Å². The summed E-state index contributed by atoms with van der Waals surface area (Å²) in [7, 11) is -0.517. The largest absolute Gasteiger partial charge is 0.494 e. The minimum atomic E-state index is -0.258. The molecule has 7 rings (SSSR count). The van der Waals surface area contributed by atoms with Crippen LogP contribution in [0.15, 0.2) is 48.5 Å². The van der Waals surface area contributed by atoms with Gasteiger partial charge in [0.05, 0.1) is 26.4 Å². The maximum atomic E-state index is 6.19. The van der Waals surface area contributed by atoms with Crippen molar-refractivity contribution < 1.29 is 18.6 Å². The van der Waals surface area contributed by atoms with E-state index >= 15 is 0 Å². The van der Waals surface area contributed by atoms with Crippen LogP contribution in [0.2, 0.25) is 0 Å². The number of hydrogen-bond donors (Lipinski definition) is 0. The third-order valence-electron chi connectivity index (χ3n) is 15.5. The predicted molar refractivity (Wildman–Crippen MR) is 265 cm³/mol. The van der Waals surface area contributed by atoms with Crippen molar-refractivity contribution in [2.75, 3.05) is 26.4 Å². The van der Waals surface area contributed by atoms with Crippen LogP contribution in [0, 0.1) is 0 Å². The summed E-state index contributed by atoms with van der Waals surface area (Å²) >= 11 is 0. The maximum absolute atomic E-state index is 6.19. The fourth-order valence-corrected chi connectivity index (χ4v) is 12.1. The summed E-state index contributed by atoms with van der Waals surface area (Å²) in [5.74, 6) is 0. The van der Waals surface area contributed by atoms with Crippen LogP contribution in [0.5, 0.6) is 0 Å². The number of hydrogen-bond acceptors (Lipinski definition) is 4. The van der Waals surface area contributed by atoms with E-state index in [1.54, 1.807) is 22.3 Å². The van der Waals surface area contributed by atoms with Gasteiger partial charge in [-0.3, -0.25) is 0 Å². The van der Waals surface area contributed by atoms with Gasteiger partial charge in [-0.05, 0) is 93.2 Å². The summed E-state index contributed by atoms with van der Waals surface area (Å²) in [6.45, 7) is 12.0. The van der Waals surface area contributed by atoms with Gasteiger partial charge in [0.2, 0.25) is 0 Å². The highest BCUT2D eigenvalue weighted by Gasteiger charge is 2.48. The van der Waals surface area contributed by atoms with Crippen LogP contribution >= 0.6 is 0 Å². The molecule has 338 valence electrons. The highest BCUT2D eigenvalue weighted by Crippen LogP contribution is 2.60. The first kappa shape index (κ1) is 47.6. The van der Waals surface area contributed by atoms with Gasteiger partial charge in [-0.25, -0.2) is 0 Å². The summed E-state index contributed by atoms with van der Waals surface area (Å²) in [5.41, 5.74) is 14.7. The predicted octanol–water partition coefficient (Wildman–Crippen LogP) is 14.7. The van der Waals surface area contributed by atoms with Gasteiger partial charge in [0.1, 0.15) is 0 Å². The van der Waals surface area contributed by atoms with Crippen LogP contribution in [0.25, 0.3) is 22.3 Å². The minimum absolute atomic E-state index is 0.0146. The molecule has 2 fully saturated rings. The van der Waals surface area contributed by atoms with Crippen molar-refractivity contribution in [2.24, 2.45) is 0 Å². The van der Waals surface area contributed by atoms with Gasteiger partial charge in [0.25, 0.3) is 0 Å². The molecule has 0 amide bonds. The van der Waals surface area contributed by atoms with E-state index in [0.29, 0.717) is 26.4 Å². The lowest BCUT2D eigenvalue weighted by Gasteiger charge is -2.35. The molecule has 0 N–H and O–H groups in total. The number of unbranched alkanes of at least 4 members (excludes halogenated alkanes) is 20. The molecular weight excluding hydrogens is 758 g/mol. The van der Waals surface area contributed by atoms with Crippen molar-refractivity contribution in [3.05, 3.63) is 70.8 Å². The Balaban J connectivity index is 1.35. The zero-order chi connectivity index (χ0) is 43.0. The highest BCUT2D eigenvalue weighted by atomic mass is 16.6. The molecule has 4 nitrogen and oxygen atoms in total. The molecule has 3 aromatic carbocycles. The summed E-state index contributed by atoms with van der Waals surface area (Å²) in [4.78, 5) is 0. The average Bonchev–Trinajstić information content (AvgIpc) is 4.12. The Morgan fingerprint density at radius 2 is 0.613 bits per heavy atom. The zero-order valence-electron chi connectivity index (χ0n) is 40.0. The van der Waals surface area contributed by atoms with Crippen molar-refractivity contribution in [2.45, 2.75) is 218 Å². The fraction of sp³-hybridized carbons (Fsp3) is 0.679. The van der Waals surface area contributed by atoms with Gasteiger partial charge in [-0.15, -0.1) is 0 Å². The lowest BCUT2D eigenvalue weighted by Crippen LogP contribution is -2.34. The SMILES string of the molecule is CCCCCCCCC1(CCCCCCCC)c2cc(B3OCCO3)ccc2-c2cc3c(cc21)-c1ccc(B2OCCO2)cc1C3(CCCCCCCC)CCCCCCCC. The first-order chi connectivity index (χ1) is 30.6. The molecule has 2 heterocycles. The second-order valence-electron chi connectivity index (χ2n) is 19.9. The van der Waals surface area contributed by atoms with E-state index in [9.17, 15) is 0 Å². The van der Waals surface area contributed by atoms with Crippen molar-refractivity contribution in [3.8, 4) is 22.3 Å². The van der Waals surface area contributed by atoms with E-state index in [1.165, 1.54) is 213 Å². The Labute approximate surface area is 380 Å². The van der Waals surface area contributed by atoms with Crippen LogP contribution < -0.4 is 10.9 Å². The number of rotatable bonds is 30. The summed E-state index contributed by atoms with van der Waals surface area (Å²) in [5, 5.41) is 0. The minimum Gasteiger partial charge on any atom is -0.405 e. The highest BCUT2D eigenvalue weighted by molar-refractivity contribution is 6.62. The lowest BCUT2D eigenvalue weighted by atomic mass is 9.67. The van der Waals surface area contributed by atoms with Gasteiger partial charge >= 0.3 is 14.2 Å². The van der Waals surface area contributed by atoms with Crippen molar-refractivity contribution >= 4 is 25.2 Å². The number of benzene rings is 3. The molecular formula is C56H84B2O4. The van der Waals surface area contributed by atoms with E-state index in [1.807, 2.05) is 0 Å². The van der Waals surface area contributed by atoms with Crippen molar-refractivity contribution in [1.82, 2.24) is 0 Å². The van der Waals surface area contributed by atoms with E-state index in [-0.39, 0.29) is 25.1 Å². The van der Waals surface area contributed by atoms with Crippen LogP contribution in [0.1, 0.15) is 230 Å². The van der Waals surface area contributed by atoms with E-state index in [2.05, 4.69) is 76.2 Å². The standard InChI is InChI=1S/C56H84B2O4/c1-5-9-13-17-21-25-33-55(34-26-22-18-14-10-6-2)51-41-45(57-59-37-38-60-57)29-31-47(51)49-44-54-50(43-53(49)55)48-32-30-46(58-61-39-40-62-58)42-52(48)56(54,35-27-23-19-15-11-7-3)36-28-24-20-16-12-8-4/h29-32,41-44H,5-28,33-40H2,1-4H3. The molecule has 6 heteroatoms. The Hall–Kier alpha value is -2.37. The number of fused-ring (bicyclic) bond motifs is 6. The average molecular weight is 843 g/mol. The first-order valence-corrected chi connectivity index (χ1v) is 26.5. The first-order valence-electron chi connectivity index (χ1n) is 26.5. The maximum Gasteiger partial charge on any atom is 0.494 e. The Morgan fingerprint density at radius 1 is 0.339 bits per heavy atom. The van der Waals surface area contributed by atoms with E-state index in [4.69, 9.17) is 18.6 Å². The summed E-state index contributed by atoms with van der Waals surface area (Å²) < 4.78 is 24.8. The van der Waals surface area contributed by atoms with Crippen LogP contribution in [-0.2, 0) is 29.4 Å². The molecule has 2 saturated heterocycles. The summed E-state index contributed by atoms with van der Waals surface area (Å²) in [6.07, 6.45) is 36.6. The van der Waals surface area contributed by atoms with Crippen molar-refractivity contribution in [1.29, 1.82) is 0 Å². The van der Waals surface area contributed by atoms with Gasteiger partial charge in [-0.2, -0.15) is 0 Å². The second kappa shape index (κ2) is 24.2. The van der Waals surface area contributed by atoms with Crippen molar-refractivity contribution in [3.63, 3.8) is 0 Å². The van der Waals surface area contributed by atoms with E-state index in [0.717, 1.165) is 0 Å². The van der Waals surface area contributed by atoms with Gasteiger partial charge < -0.3 is 18.6 Å². The quantitative estimate of drug-likeness (QED) is 0.0495. The molecule has 3 aromatic rings. The third-order valence-corrected chi connectivity index (χ3v) is 15.5. The fourth-order valence-electron chi connectivity index (χ4n) is 12.1. The molecule has 0 atom stereocenters. The molecule has 0 radical (unpaired) electrons. The molecule has 0 saturated carbocycles. The van der Waals surface area contributed by atoms with Gasteiger partial charge in [0, 0.05) is 10.8 Å². The normalized spacial score (nSPS) is 16.9. The van der Waals surface area contributed by atoms with Crippen LogP contribution in [0.3, 0.4) is 0 Å². The zero-order valence-corrected chi connectivity index (χ0v) is 40.0. The Bertz CT molecular complexity index is 1650. The molecule has 2 aliphatic carbocycles. The molecule has 0 unspecified atom stereocenters.